The number of benzene rings is 1. The number of rotatable bonds is 6. The van der Waals surface area contributed by atoms with Gasteiger partial charge in [0.1, 0.15) is 0 Å². The highest BCUT2D eigenvalue weighted by Crippen LogP contribution is 2.25. The molecule has 144 valence electrons. The van der Waals surface area contributed by atoms with Gasteiger partial charge in [-0.15, -0.1) is 0 Å². The summed E-state index contributed by atoms with van der Waals surface area (Å²) in [5, 5.41) is 13.7. The Morgan fingerprint density at radius 1 is 1.38 bits per heavy atom. The highest BCUT2D eigenvalue weighted by molar-refractivity contribution is 7.88. The van der Waals surface area contributed by atoms with Gasteiger partial charge in [0.25, 0.3) is 5.69 Å². The minimum absolute atomic E-state index is 0.0348. The molecule has 0 spiro atoms. The van der Waals surface area contributed by atoms with E-state index < -0.39 is 14.9 Å². The number of piperidine rings is 1. The number of hydrogen-bond acceptors (Lipinski definition) is 6. The van der Waals surface area contributed by atoms with E-state index in [4.69, 9.17) is 0 Å². The summed E-state index contributed by atoms with van der Waals surface area (Å²) in [5.41, 5.74) is 0.808. The van der Waals surface area contributed by atoms with Crippen LogP contribution < -0.4 is 5.32 Å². The molecule has 0 saturated carbocycles. The van der Waals surface area contributed by atoms with Crippen LogP contribution in [0.3, 0.4) is 0 Å². The van der Waals surface area contributed by atoms with Crippen LogP contribution in [0.25, 0.3) is 0 Å². The molecule has 1 N–H and O–H groups in total. The van der Waals surface area contributed by atoms with Crippen molar-refractivity contribution in [2.45, 2.75) is 25.8 Å². The Hall–Kier alpha value is -2.04. The van der Waals surface area contributed by atoms with E-state index >= 15 is 0 Å². The Kier molecular flexibility index (Phi) is 6.32. The number of carbonyl (C=O) groups is 1. The summed E-state index contributed by atoms with van der Waals surface area (Å²) in [6, 6.07) is 4.51. The monoisotopic (exact) mass is 384 g/mol. The van der Waals surface area contributed by atoms with Gasteiger partial charge in [-0.2, -0.15) is 0 Å². The van der Waals surface area contributed by atoms with Crippen LogP contribution in [0.1, 0.15) is 18.4 Å². The maximum Gasteiger partial charge on any atom is 0.274 e. The number of nitro groups is 1. The SMILES string of the molecule is Cc1c(NC(=O)CN2CCC(N(C)S(C)(=O)=O)CC2)cccc1[N+](=O)[O-]. The quantitative estimate of drug-likeness (QED) is 0.582. The molecule has 1 aromatic carbocycles. The average Bonchev–Trinajstić information content (AvgIpc) is 2.55. The van der Waals surface area contributed by atoms with Gasteiger partial charge in [-0.25, -0.2) is 12.7 Å². The zero-order valence-electron chi connectivity index (χ0n) is 15.1. The molecular formula is C16H24N4O5S. The Morgan fingerprint density at radius 2 is 2.00 bits per heavy atom. The summed E-state index contributed by atoms with van der Waals surface area (Å²) in [4.78, 5) is 24.7. The van der Waals surface area contributed by atoms with Crippen molar-refractivity contribution in [1.29, 1.82) is 0 Å². The predicted molar refractivity (Wildman–Crippen MR) is 98.5 cm³/mol. The van der Waals surface area contributed by atoms with Crippen molar-refractivity contribution in [2.75, 3.05) is 38.3 Å². The van der Waals surface area contributed by atoms with E-state index in [-0.39, 0.29) is 24.2 Å². The van der Waals surface area contributed by atoms with Gasteiger partial charge in [0.2, 0.25) is 15.9 Å². The summed E-state index contributed by atoms with van der Waals surface area (Å²) < 4.78 is 24.6. The number of anilines is 1. The third-order valence-corrected chi connectivity index (χ3v) is 6.08. The fourth-order valence-corrected chi connectivity index (χ4v) is 3.81. The molecule has 1 aliphatic heterocycles. The molecule has 26 heavy (non-hydrogen) atoms. The van der Waals surface area contributed by atoms with E-state index in [1.807, 2.05) is 4.90 Å². The molecule has 1 fully saturated rings. The van der Waals surface area contributed by atoms with E-state index in [1.165, 1.54) is 22.7 Å². The van der Waals surface area contributed by atoms with Crippen LogP contribution >= 0.6 is 0 Å². The molecule has 0 aromatic heterocycles. The Labute approximate surface area is 153 Å². The van der Waals surface area contributed by atoms with Crippen LogP contribution in [-0.2, 0) is 14.8 Å². The second kappa shape index (κ2) is 8.11. The molecule has 1 saturated heterocycles. The Morgan fingerprint density at radius 3 is 2.54 bits per heavy atom. The lowest BCUT2D eigenvalue weighted by atomic mass is 10.1. The maximum absolute atomic E-state index is 12.3. The highest BCUT2D eigenvalue weighted by atomic mass is 32.2. The minimum atomic E-state index is -3.22. The number of hydrogen-bond donors (Lipinski definition) is 1. The number of carbonyl (C=O) groups excluding carboxylic acids is 1. The Bertz CT molecular complexity index is 788. The fourth-order valence-electron chi connectivity index (χ4n) is 3.06. The molecule has 0 unspecified atom stereocenters. The molecule has 1 aromatic rings. The van der Waals surface area contributed by atoms with Crippen molar-refractivity contribution < 1.29 is 18.1 Å². The lowest BCUT2D eigenvalue weighted by molar-refractivity contribution is -0.385. The highest BCUT2D eigenvalue weighted by Gasteiger charge is 2.28. The van der Waals surface area contributed by atoms with Gasteiger partial charge >= 0.3 is 0 Å². The standard InChI is InChI=1S/C16H24N4O5S/c1-12-14(5-4-6-15(12)20(22)23)17-16(21)11-19-9-7-13(8-10-19)18(2)26(3,24)25/h4-6,13H,7-11H2,1-3H3,(H,17,21). The van der Waals surface area contributed by atoms with E-state index in [9.17, 15) is 23.3 Å². The fraction of sp³-hybridized carbons (Fsp3) is 0.562. The van der Waals surface area contributed by atoms with Crippen molar-refractivity contribution in [3.05, 3.63) is 33.9 Å². The predicted octanol–water partition coefficient (Wildman–Crippen LogP) is 1.20. The number of sulfonamides is 1. The van der Waals surface area contributed by atoms with Crippen LogP contribution in [0, 0.1) is 17.0 Å². The molecular weight excluding hydrogens is 360 g/mol. The van der Waals surface area contributed by atoms with E-state index in [1.54, 1.807) is 20.0 Å². The molecule has 1 heterocycles. The van der Waals surface area contributed by atoms with Gasteiger partial charge in [-0.3, -0.25) is 19.8 Å². The zero-order chi connectivity index (χ0) is 19.5. The number of nitrogens with zero attached hydrogens (tertiary/aromatic N) is 3. The second-order valence-electron chi connectivity index (χ2n) is 6.54. The molecule has 0 atom stereocenters. The van der Waals surface area contributed by atoms with E-state index in [2.05, 4.69) is 5.32 Å². The topological polar surface area (TPSA) is 113 Å². The summed E-state index contributed by atoms with van der Waals surface area (Å²) in [6.45, 7) is 3.00. The minimum Gasteiger partial charge on any atom is -0.324 e. The normalized spacial score (nSPS) is 16.6. The second-order valence-corrected chi connectivity index (χ2v) is 8.58. The third-order valence-electron chi connectivity index (χ3n) is 4.74. The van der Waals surface area contributed by atoms with Gasteiger partial charge in [0.05, 0.1) is 29.0 Å². The summed E-state index contributed by atoms with van der Waals surface area (Å²) in [5.74, 6) is -0.247. The van der Waals surface area contributed by atoms with Crippen LogP contribution in [0.5, 0.6) is 0 Å². The Balaban J connectivity index is 1.90. The van der Waals surface area contributed by atoms with Crippen LogP contribution in [0.15, 0.2) is 18.2 Å². The van der Waals surface area contributed by atoms with Crippen LogP contribution in [0.2, 0.25) is 0 Å². The summed E-state index contributed by atoms with van der Waals surface area (Å²) in [7, 11) is -1.64. The molecule has 2 rings (SSSR count). The van der Waals surface area contributed by atoms with Gasteiger partial charge in [0, 0.05) is 32.2 Å². The molecule has 1 aliphatic rings. The van der Waals surface area contributed by atoms with Gasteiger partial charge in [0.15, 0.2) is 0 Å². The van der Waals surface area contributed by atoms with Crippen molar-refractivity contribution in [2.24, 2.45) is 0 Å². The summed E-state index contributed by atoms with van der Waals surface area (Å²) >= 11 is 0. The van der Waals surface area contributed by atoms with E-state index in [0.717, 1.165) is 0 Å². The number of nitrogens with one attached hydrogen (secondary N) is 1. The van der Waals surface area contributed by atoms with Crippen LogP contribution in [-0.4, -0.2) is 67.4 Å². The maximum atomic E-state index is 12.3. The van der Waals surface area contributed by atoms with Gasteiger partial charge in [-0.1, -0.05) is 6.07 Å². The largest absolute Gasteiger partial charge is 0.324 e. The number of likely N-dealkylation sites (tertiary alicyclic amines) is 1. The van der Waals surface area contributed by atoms with Gasteiger partial charge in [-0.05, 0) is 25.8 Å². The summed E-state index contributed by atoms with van der Waals surface area (Å²) in [6.07, 6.45) is 2.51. The zero-order valence-corrected chi connectivity index (χ0v) is 16.0. The van der Waals surface area contributed by atoms with Crippen LogP contribution in [0.4, 0.5) is 11.4 Å². The molecule has 0 radical (unpaired) electrons. The molecule has 1 amide bonds. The molecule has 0 aliphatic carbocycles. The first-order chi connectivity index (χ1) is 12.1. The smallest absolute Gasteiger partial charge is 0.274 e. The van der Waals surface area contributed by atoms with Crippen molar-refractivity contribution in [1.82, 2.24) is 9.21 Å². The van der Waals surface area contributed by atoms with Gasteiger partial charge < -0.3 is 5.32 Å². The average molecular weight is 384 g/mol. The molecule has 9 nitrogen and oxygen atoms in total. The lowest BCUT2D eigenvalue weighted by Gasteiger charge is -2.35. The van der Waals surface area contributed by atoms with Crippen molar-refractivity contribution in [3.63, 3.8) is 0 Å². The van der Waals surface area contributed by atoms with E-state index in [0.29, 0.717) is 37.2 Å². The van der Waals surface area contributed by atoms with Crippen molar-refractivity contribution in [3.8, 4) is 0 Å². The first kappa shape index (κ1) is 20.3. The van der Waals surface area contributed by atoms with Crippen molar-refractivity contribution >= 4 is 27.3 Å². The number of nitro benzene ring substituents is 1. The lowest BCUT2D eigenvalue weighted by Crippen LogP contribution is -2.47. The third kappa shape index (κ3) is 4.99. The molecule has 10 heteroatoms. The number of amides is 1. The first-order valence-electron chi connectivity index (χ1n) is 8.29. The molecule has 0 bridgehead atoms. The first-order valence-corrected chi connectivity index (χ1v) is 10.1.